The number of rotatable bonds is 5. The molecule has 1 fully saturated rings. The minimum Gasteiger partial charge on any atom is -0.370 e. The van der Waals surface area contributed by atoms with E-state index in [-0.39, 0.29) is 17.9 Å². The normalized spacial score (nSPS) is 18.5. The summed E-state index contributed by atoms with van der Waals surface area (Å²) in [7, 11) is 1.83. The van der Waals surface area contributed by atoms with E-state index in [0.29, 0.717) is 0 Å². The van der Waals surface area contributed by atoms with Crippen LogP contribution >= 0.6 is 0 Å². The molecule has 21 heavy (non-hydrogen) atoms. The molecule has 0 radical (unpaired) electrons. The molecule has 1 unspecified atom stereocenters. The molecule has 0 aliphatic carbocycles. The van der Waals surface area contributed by atoms with Gasteiger partial charge in [0.1, 0.15) is 23.5 Å². The Kier molecular flexibility index (Phi) is 4.65. The second-order valence-corrected chi connectivity index (χ2v) is 5.83. The van der Waals surface area contributed by atoms with Gasteiger partial charge in [-0.3, -0.25) is 4.79 Å². The van der Waals surface area contributed by atoms with Crippen LogP contribution in [0, 0.1) is 6.92 Å². The number of likely N-dealkylation sites (tertiary alicyclic amines) is 1. The zero-order valence-electron chi connectivity index (χ0n) is 13.5. The topological polar surface area (TPSA) is 70.2 Å². The summed E-state index contributed by atoms with van der Waals surface area (Å²) in [4.78, 5) is 23.0. The van der Waals surface area contributed by atoms with Gasteiger partial charge in [0.15, 0.2) is 0 Å². The Morgan fingerprint density at radius 1 is 1.33 bits per heavy atom. The van der Waals surface area contributed by atoms with Crippen molar-refractivity contribution in [3.05, 3.63) is 11.4 Å². The van der Waals surface area contributed by atoms with Crippen molar-refractivity contribution >= 4 is 17.5 Å². The van der Waals surface area contributed by atoms with Crippen LogP contribution in [0.2, 0.25) is 0 Å². The fourth-order valence-corrected chi connectivity index (χ4v) is 2.39. The van der Waals surface area contributed by atoms with Gasteiger partial charge in [0, 0.05) is 31.6 Å². The standard InChI is InChI=1S/C15H25N5O/c1-6-16-13-10(4)14(19-12(18-13)9(2)3)17-11-7-8-20(5)15(11)21/h9,11H,6-8H2,1-5H3,(H2,16,17,18,19). The first-order valence-electron chi connectivity index (χ1n) is 7.58. The highest BCUT2D eigenvalue weighted by atomic mass is 16.2. The first-order chi connectivity index (χ1) is 9.93. The van der Waals surface area contributed by atoms with E-state index in [0.717, 1.165) is 42.5 Å². The number of nitrogens with one attached hydrogen (secondary N) is 2. The average Bonchev–Trinajstić information content (AvgIpc) is 2.75. The monoisotopic (exact) mass is 291 g/mol. The number of carbonyl (C=O) groups is 1. The zero-order valence-corrected chi connectivity index (χ0v) is 13.5. The number of anilines is 2. The molecular formula is C15H25N5O. The molecule has 1 aromatic heterocycles. The molecule has 1 aliphatic rings. The van der Waals surface area contributed by atoms with Crippen molar-refractivity contribution in [2.24, 2.45) is 0 Å². The van der Waals surface area contributed by atoms with E-state index in [4.69, 9.17) is 0 Å². The number of carbonyl (C=O) groups excluding carboxylic acids is 1. The molecule has 0 bridgehead atoms. The lowest BCUT2D eigenvalue weighted by molar-refractivity contribution is -0.127. The maximum Gasteiger partial charge on any atom is 0.244 e. The molecule has 1 aliphatic heterocycles. The van der Waals surface area contributed by atoms with E-state index in [1.54, 1.807) is 4.90 Å². The van der Waals surface area contributed by atoms with E-state index in [1.165, 1.54) is 0 Å². The van der Waals surface area contributed by atoms with Gasteiger partial charge in [0.25, 0.3) is 0 Å². The molecule has 1 saturated heterocycles. The maximum absolute atomic E-state index is 12.1. The van der Waals surface area contributed by atoms with E-state index in [9.17, 15) is 4.79 Å². The van der Waals surface area contributed by atoms with E-state index >= 15 is 0 Å². The summed E-state index contributed by atoms with van der Waals surface area (Å²) in [6, 6.07) is -0.182. The summed E-state index contributed by atoms with van der Waals surface area (Å²) in [6.45, 7) is 9.75. The van der Waals surface area contributed by atoms with Crippen molar-refractivity contribution < 1.29 is 4.79 Å². The predicted octanol–water partition coefficient (Wildman–Crippen LogP) is 1.98. The van der Waals surface area contributed by atoms with Crippen LogP contribution in [-0.2, 0) is 4.79 Å². The highest BCUT2D eigenvalue weighted by molar-refractivity contribution is 5.86. The van der Waals surface area contributed by atoms with Crippen LogP contribution < -0.4 is 10.6 Å². The molecule has 1 amide bonds. The zero-order chi connectivity index (χ0) is 15.6. The average molecular weight is 291 g/mol. The molecule has 1 aromatic rings. The molecule has 2 N–H and O–H groups in total. The third kappa shape index (κ3) is 3.25. The van der Waals surface area contributed by atoms with Crippen molar-refractivity contribution in [2.45, 2.75) is 46.1 Å². The maximum atomic E-state index is 12.1. The lowest BCUT2D eigenvalue weighted by atomic mass is 10.2. The van der Waals surface area contributed by atoms with Crippen molar-refractivity contribution in [1.29, 1.82) is 0 Å². The van der Waals surface area contributed by atoms with Gasteiger partial charge in [0.2, 0.25) is 5.91 Å². The van der Waals surface area contributed by atoms with E-state index in [1.807, 2.05) is 20.9 Å². The van der Waals surface area contributed by atoms with E-state index < -0.39 is 0 Å². The van der Waals surface area contributed by atoms with Crippen LogP contribution in [0.5, 0.6) is 0 Å². The number of likely N-dealkylation sites (N-methyl/N-ethyl adjacent to an activating group) is 1. The van der Waals surface area contributed by atoms with Crippen LogP contribution in [0.15, 0.2) is 0 Å². The summed E-state index contributed by atoms with van der Waals surface area (Å²) in [5, 5.41) is 6.57. The fraction of sp³-hybridized carbons (Fsp3) is 0.667. The van der Waals surface area contributed by atoms with E-state index in [2.05, 4.69) is 34.4 Å². The Hall–Kier alpha value is -1.85. The Bertz CT molecular complexity index is 529. The van der Waals surface area contributed by atoms with Crippen LogP contribution in [-0.4, -0.2) is 47.0 Å². The van der Waals surface area contributed by atoms with Crippen molar-refractivity contribution in [1.82, 2.24) is 14.9 Å². The van der Waals surface area contributed by atoms with Crippen LogP contribution in [0.25, 0.3) is 0 Å². The van der Waals surface area contributed by atoms with Gasteiger partial charge in [-0.15, -0.1) is 0 Å². The minimum atomic E-state index is -0.182. The lowest BCUT2D eigenvalue weighted by Gasteiger charge is -2.18. The number of nitrogens with zero attached hydrogens (tertiary/aromatic N) is 3. The van der Waals surface area contributed by atoms with Gasteiger partial charge in [-0.05, 0) is 20.3 Å². The van der Waals surface area contributed by atoms with Crippen LogP contribution in [0.1, 0.15) is 44.5 Å². The number of hydrogen-bond acceptors (Lipinski definition) is 5. The molecule has 6 heteroatoms. The molecule has 2 rings (SSSR count). The summed E-state index contributed by atoms with van der Waals surface area (Å²) < 4.78 is 0. The number of aromatic nitrogens is 2. The Morgan fingerprint density at radius 3 is 2.52 bits per heavy atom. The van der Waals surface area contributed by atoms with Crippen LogP contribution in [0.3, 0.4) is 0 Å². The molecule has 1 atom stereocenters. The van der Waals surface area contributed by atoms with Gasteiger partial charge in [-0.25, -0.2) is 9.97 Å². The largest absolute Gasteiger partial charge is 0.370 e. The Balaban J connectivity index is 2.31. The summed E-state index contributed by atoms with van der Waals surface area (Å²) in [5.74, 6) is 2.77. The second kappa shape index (κ2) is 6.28. The fourth-order valence-electron chi connectivity index (χ4n) is 2.39. The Morgan fingerprint density at radius 2 is 2.00 bits per heavy atom. The third-order valence-corrected chi connectivity index (χ3v) is 3.76. The van der Waals surface area contributed by atoms with Crippen LogP contribution in [0.4, 0.5) is 11.6 Å². The highest BCUT2D eigenvalue weighted by Crippen LogP contribution is 2.25. The minimum absolute atomic E-state index is 0.129. The number of amides is 1. The summed E-state index contributed by atoms with van der Waals surface area (Å²) >= 11 is 0. The molecular weight excluding hydrogens is 266 g/mol. The predicted molar refractivity (Wildman–Crippen MR) is 84.7 cm³/mol. The summed E-state index contributed by atoms with van der Waals surface area (Å²) in [6.07, 6.45) is 0.812. The molecule has 0 aromatic carbocycles. The number of hydrogen-bond donors (Lipinski definition) is 2. The SMILES string of the molecule is CCNc1nc(C(C)C)nc(NC2CCN(C)C2=O)c1C. The summed E-state index contributed by atoms with van der Waals surface area (Å²) in [5.41, 5.74) is 0.962. The molecule has 116 valence electrons. The van der Waals surface area contributed by atoms with Gasteiger partial charge in [-0.2, -0.15) is 0 Å². The van der Waals surface area contributed by atoms with Gasteiger partial charge in [-0.1, -0.05) is 13.8 Å². The van der Waals surface area contributed by atoms with Crippen molar-refractivity contribution in [3.63, 3.8) is 0 Å². The van der Waals surface area contributed by atoms with Gasteiger partial charge < -0.3 is 15.5 Å². The quantitative estimate of drug-likeness (QED) is 0.868. The molecule has 0 spiro atoms. The second-order valence-electron chi connectivity index (χ2n) is 5.83. The molecule has 6 nitrogen and oxygen atoms in total. The Labute approximate surface area is 126 Å². The first kappa shape index (κ1) is 15.5. The van der Waals surface area contributed by atoms with Gasteiger partial charge in [0.05, 0.1) is 0 Å². The third-order valence-electron chi connectivity index (χ3n) is 3.76. The highest BCUT2D eigenvalue weighted by Gasteiger charge is 2.30. The molecule has 2 heterocycles. The smallest absolute Gasteiger partial charge is 0.244 e. The van der Waals surface area contributed by atoms with Crippen molar-refractivity contribution in [2.75, 3.05) is 30.8 Å². The van der Waals surface area contributed by atoms with Crippen molar-refractivity contribution in [3.8, 4) is 0 Å². The molecule has 0 saturated carbocycles. The lowest BCUT2D eigenvalue weighted by Crippen LogP contribution is -2.31. The van der Waals surface area contributed by atoms with Gasteiger partial charge >= 0.3 is 0 Å². The first-order valence-corrected chi connectivity index (χ1v) is 7.58.